The summed E-state index contributed by atoms with van der Waals surface area (Å²) in [5.41, 5.74) is 0.790. The number of benzene rings is 1. The van der Waals surface area contributed by atoms with Crippen LogP contribution in [0.15, 0.2) is 24.3 Å². The van der Waals surface area contributed by atoms with Crippen molar-refractivity contribution in [2.45, 2.75) is 58.3 Å². The van der Waals surface area contributed by atoms with Crippen LogP contribution in [0, 0.1) is 0 Å². The minimum Gasteiger partial charge on any atom is -0.299 e. The SMILES string of the molecule is CCCCCC(CC)(C(C)=O)c1ccc(Cl)cc1. The van der Waals surface area contributed by atoms with Gasteiger partial charge in [0.2, 0.25) is 0 Å². The van der Waals surface area contributed by atoms with E-state index in [1.54, 1.807) is 6.92 Å². The Morgan fingerprint density at radius 1 is 1.17 bits per heavy atom. The first-order valence-electron chi connectivity index (χ1n) is 6.84. The molecular weight excluding hydrogens is 244 g/mol. The van der Waals surface area contributed by atoms with Crippen molar-refractivity contribution in [3.05, 3.63) is 34.9 Å². The second-order valence-electron chi connectivity index (χ2n) is 4.96. The lowest BCUT2D eigenvalue weighted by molar-refractivity contribution is -0.123. The molecule has 0 aliphatic heterocycles. The lowest BCUT2D eigenvalue weighted by Crippen LogP contribution is -2.33. The maximum Gasteiger partial charge on any atom is 0.140 e. The van der Waals surface area contributed by atoms with Crippen LogP contribution in [0.25, 0.3) is 0 Å². The molecule has 0 bridgehead atoms. The van der Waals surface area contributed by atoms with E-state index >= 15 is 0 Å². The van der Waals surface area contributed by atoms with E-state index in [0.717, 1.165) is 29.8 Å². The Hall–Kier alpha value is -0.820. The molecule has 0 aliphatic rings. The summed E-state index contributed by atoms with van der Waals surface area (Å²) in [5.74, 6) is 0.267. The summed E-state index contributed by atoms with van der Waals surface area (Å²) < 4.78 is 0. The van der Waals surface area contributed by atoms with E-state index in [-0.39, 0.29) is 11.2 Å². The van der Waals surface area contributed by atoms with Gasteiger partial charge in [0.05, 0.1) is 5.41 Å². The fraction of sp³-hybridized carbons (Fsp3) is 0.562. The Balaban J connectivity index is 3.02. The van der Waals surface area contributed by atoms with Crippen LogP contribution in [0.3, 0.4) is 0 Å². The molecule has 0 radical (unpaired) electrons. The lowest BCUT2D eigenvalue weighted by atomic mass is 9.71. The first-order valence-corrected chi connectivity index (χ1v) is 7.21. The number of unbranched alkanes of at least 4 members (excludes halogenated alkanes) is 2. The second kappa shape index (κ2) is 6.94. The van der Waals surface area contributed by atoms with E-state index in [1.807, 2.05) is 24.3 Å². The van der Waals surface area contributed by atoms with Crippen LogP contribution < -0.4 is 0 Å². The fourth-order valence-corrected chi connectivity index (χ4v) is 2.73. The number of rotatable bonds is 7. The Bertz CT molecular complexity index is 383. The molecule has 18 heavy (non-hydrogen) atoms. The van der Waals surface area contributed by atoms with Crippen molar-refractivity contribution in [2.75, 3.05) is 0 Å². The van der Waals surface area contributed by atoms with Gasteiger partial charge in [0.15, 0.2) is 0 Å². The Kier molecular flexibility index (Phi) is 5.87. The van der Waals surface area contributed by atoms with Crippen LogP contribution in [0.1, 0.15) is 58.4 Å². The molecule has 2 heteroatoms. The summed E-state index contributed by atoms with van der Waals surface area (Å²) in [6.07, 6.45) is 5.26. The quantitative estimate of drug-likeness (QED) is 0.623. The van der Waals surface area contributed by atoms with Gasteiger partial charge >= 0.3 is 0 Å². The summed E-state index contributed by atoms with van der Waals surface area (Å²) in [6.45, 7) is 6.00. The zero-order valence-electron chi connectivity index (χ0n) is 11.6. The summed E-state index contributed by atoms with van der Waals surface area (Å²) in [6, 6.07) is 7.76. The molecule has 0 N–H and O–H groups in total. The van der Waals surface area contributed by atoms with Crippen LogP contribution in [-0.4, -0.2) is 5.78 Å². The Labute approximate surface area is 116 Å². The maximum atomic E-state index is 12.1. The molecule has 1 aromatic rings. The van der Waals surface area contributed by atoms with Crippen molar-refractivity contribution >= 4 is 17.4 Å². The van der Waals surface area contributed by atoms with Crippen molar-refractivity contribution in [1.82, 2.24) is 0 Å². The standard InChI is InChI=1S/C16H23ClO/c1-4-6-7-12-16(5-2,13(3)18)14-8-10-15(17)11-9-14/h8-11H,4-7,12H2,1-3H3. The number of carbonyl (C=O) groups excluding carboxylic acids is 1. The van der Waals surface area contributed by atoms with Crippen molar-refractivity contribution < 1.29 is 4.79 Å². The first kappa shape index (κ1) is 15.2. The molecule has 1 rings (SSSR count). The van der Waals surface area contributed by atoms with Gasteiger partial charge in [0, 0.05) is 5.02 Å². The van der Waals surface area contributed by atoms with Gasteiger partial charge in [0.25, 0.3) is 0 Å². The van der Waals surface area contributed by atoms with E-state index in [0.29, 0.717) is 0 Å². The molecule has 1 nitrogen and oxygen atoms in total. The van der Waals surface area contributed by atoms with Crippen molar-refractivity contribution in [3.8, 4) is 0 Å². The molecule has 100 valence electrons. The highest BCUT2D eigenvalue weighted by molar-refractivity contribution is 6.30. The van der Waals surface area contributed by atoms with Crippen LogP contribution in [0.4, 0.5) is 0 Å². The number of hydrogen-bond acceptors (Lipinski definition) is 1. The number of carbonyl (C=O) groups is 1. The topological polar surface area (TPSA) is 17.1 Å². The number of halogens is 1. The summed E-state index contributed by atoms with van der Waals surface area (Å²) >= 11 is 5.93. The molecule has 0 amide bonds. The Morgan fingerprint density at radius 3 is 2.22 bits per heavy atom. The summed E-state index contributed by atoms with van der Waals surface area (Å²) in [4.78, 5) is 12.1. The van der Waals surface area contributed by atoms with Gasteiger partial charge in [-0.3, -0.25) is 4.79 Å². The molecule has 0 aliphatic carbocycles. The minimum absolute atomic E-state index is 0.267. The number of hydrogen-bond donors (Lipinski definition) is 0. The molecule has 0 aromatic heterocycles. The van der Waals surface area contributed by atoms with Gasteiger partial charge in [-0.1, -0.05) is 56.8 Å². The third-order valence-electron chi connectivity index (χ3n) is 3.88. The Morgan fingerprint density at radius 2 is 1.78 bits per heavy atom. The third kappa shape index (κ3) is 3.35. The van der Waals surface area contributed by atoms with E-state index in [9.17, 15) is 4.79 Å². The molecular formula is C16H23ClO. The van der Waals surface area contributed by atoms with Crippen molar-refractivity contribution in [1.29, 1.82) is 0 Å². The van der Waals surface area contributed by atoms with E-state index in [1.165, 1.54) is 12.8 Å². The van der Waals surface area contributed by atoms with Crippen LogP contribution in [0.5, 0.6) is 0 Å². The van der Waals surface area contributed by atoms with Gasteiger partial charge in [-0.05, 0) is 37.5 Å². The monoisotopic (exact) mass is 266 g/mol. The lowest BCUT2D eigenvalue weighted by Gasteiger charge is -2.31. The summed E-state index contributed by atoms with van der Waals surface area (Å²) in [5, 5.41) is 0.723. The van der Waals surface area contributed by atoms with Crippen LogP contribution in [-0.2, 0) is 10.2 Å². The smallest absolute Gasteiger partial charge is 0.140 e. The van der Waals surface area contributed by atoms with Gasteiger partial charge in [-0.2, -0.15) is 0 Å². The van der Waals surface area contributed by atoms with Gasteiger partial charge in [0.1, 0.15) is 5.78 Å². The van der Waals surface area contributed by atoms with Crippen molar-refractivity contribution in [2.24, 2.45) is 0 Å². The normalized spacial score (nSPS) is 14.2. The largest absolute Gasteiger partial charge is 0.299 e. The molecule has 0 spiro atoms. The predicted molar refractivity (Wildman–Crippen MR) is 78.2 cm³/mol. The molecule has 1 atom stereocenters. The van der Waals surface area contributed by atoms with Gasteiger partial charge in [-0.15, -0.1) is 0 Å². The highest BCUT2D eigenvalue weighted by Gasteiger charge is 2.34. The zero-order valence-corrected chi connectivity index (χ0v) is 12.4. The fourth-order valence-electron chi connectivity index (χ4n) is 2.60. The third-order valence-corrected chi connectivity index (χ3v) is 4.13. The molecule has 1 aromatic carbocycles. The molecule has 0 saturated carbocycles. The molecule has 0 saturated heterocycles. The molecule has 0 fully saturated rings. The highest BCUT2D eigenvalue weighted by atomic mass is 35.5. The van der Waals surface area contributed by atoms with Crippen LogP contribution >= 0.6 is 11.6 Å². The average molecular weight is 267 g/mol. The van der Waals surface area contributed by atoms with E-state index in [2.05, 4.69) is 13.8 Å². The number of Topliss-reactive ketones (excluding diaryl/α,β-unsaturated/α-hetero) is 1. The molecule has 1 unspecified atom stereocenters. The highest BCUT2D eigenvalue weighted by Crippen LogP contribution is 2.35. The summed E-state index contributed by atoms with van der Waals surface area (Å²) in [7, 11) is 0. The van der Waals surface area contributed by atoms with E-state index in [4.69, 9.17) is 11.6 Å². The predicted octanol–water partition coefficient (Wildman–Crippen LogP) is 5.16. The molecule has 0 heterocycles. The van der Waals surface area contributed by atoms with Crippen molar-refractivity contribution in [3.63, 3.8) is 0 Å². The average Bonchev–Trinajstić information content (AvgIpc) is 2.36. The maximum absolute atomic E-state index is 12.1. The number of ketones is 1. The first-order chi connectivity index (χ1) is 8.56. The second-order valence-corrected chi connectivity index (χ2v) is 5.39. The van der Waals surface area contributed by atoms with E-state index < -0.39 is 0 Å². The minimum atomic E-state index is -0.320. The van der Waals surface area contributed by atoms with Crippen LogP contribution in [0.2, 0.25) is 5.02 Å². The van der Waals surface area contributed by atoms with Gasteiger partial charge < -0.3 is 0 Å². The zero-order chi connectivity index (χ0) is 13.6. The van der Waals surface area contributed by atoms with Gasteiger partial charge in [-0.25, -0.2) is 0 Å².